The maximum Gasteiger partial charge on any atom is 0.272 e. The van der Waals surface area contributed by atoms with Crippen LogP contribution in [0.5, 0.6) is 0 Å². The van der Waals surface area contributed by atoms with Crippen LogP contribution in [0.15, 0.2) is 30.5 Å². The third-order valence-electron chi connectivity index (χ3n) is 2.90. The van der Waals surface area contributed by atoms with Crippen LogP contribution >= 0.6 is 11.6 Å². The second-order valence-electron chi connectivity index (χ2n) is 4.32. The summed E-state index contributed by atoms with van der Waals surface area (Å²) in [6.07, 6.45) is 1.46. The fourth-order valence-corrected chi connectivity index (χ4v) is 1.96. The van der Waals surface area contributed by atoms with E-state index in [1.807, 2.05) is 19.1 Å². The van der Waals surface area contributed by atoms with E-state index in [2.05, 4.69) is 10.4 Å². The first-order valence-electron chi connectivity index (χ1n) is 5.83. The molecule has 1 amide bonds. The van der Waals surface area contributed by atoms with E-state index >= 15 is 0 Å². The molecule has 2 aromatic rings. The number of carbonyl (C=O) groups is 1. The monoisotopic (exact) mass is 278 g/mol. The summed E-state index contributed by atoms with van der Waals surface area (Å²) in [5.41, 5.74) is 7.41. The van der Waals surface area contributed by atoms with Crippen molar-refractivity contribution in [3.05, 3.63) is 46.7 Å². The highest BCUT2D eigenvalue weighted by atomic mass is 35.5. The highest BCUT2D eigenvalue weighted by molar-refractivity contribution is 6.30. The Morgan fingerprint density at radius 1 is 1.42 bits per heavy atom. The molecule has 1 unspecified atom stereocenters. The molecule has 1 heterocycles. The minimum atomic E-state index is -0.250. The Bertz CT molecular complexity index is 572. The van der Waals surface area contributed by atoms with Gasteiger partial charge in [0, 0.05) is 12.1 Å². The summed E-state index contributed by atoms with van der Waals surface area (Å²) < 4.78 is 1.46. The number of amides is 1. The molecular weight excluding hydrogens is 264 g/mol. The van der Waals surface area contributed by atoms with Crippen LogP contribution < -0.4 is 11.1 Å². The molecule has 0 spiro atoms. The smallest absolute Gasteiger partial charge is 0.272 e. The van der Waals surface area contributed by atoms with Gasteiger partial charge in [0.2, 0.25) is 0 Å². The van der Waals surface area contributed by atoms with Crippen molar-refractivity contribution in [1.82, 2.24) is 15.1 Å². The molecular formula is C13H15ClN4O. The minimum Gasteiger partial charge on any atom is -0.396 e. The summed E-state index contributed by atoms with van der Waals surface area (Å²) in [5.74, 6) is -0.250. The predicted molar refractivity (Wildman–Crippen MR) is 75.0 cm³/mol. The van der Waals surface area contributed by atoms with E-state index in [-0.39, 0.29) is 11.9 Å². The van der Waals surface area contributed by atoms with E-state index in [0.717, 1.165) is 5.56 Å². The number of nitrogens with one attached hydrogen (secondary N) is 1. The van der Waals surface area contributed by atoms with Crippen LogP contribution in [0.1, 0.15) is 29.0 Å². The van der Waals surface area contributed by atoms with Crippen LogP contribution in [0.2, 0.25) is 5.02 Å². The topological polar surface area (TPSA) is 72.9 Å². The van der Waals surface area contributed by atoms with E-state index in [1.165, 1.54) is 10.9 Å². The fraction of sp³-hybridized carbons (Fsp3) is 0.231. The van der Waals surface area contributed by atoms with E-state index in [0.29, 0.717) is 16.4 Å². The minimum absolute atomic E-state index is 0.140. The number of benzene rings is 1. The molecule has 0 bridgehead atoms. The molecule has 1 aromatic heterocycles. The molecule has 0 aliphatic rings. The van der Waals surface area contributed by atoms with Gasteiger partial charge in [-0.05, 0) is 24.6 Å². The molecule has 1 atom stereocenters. The van der Waals surface area contributed by atoms with E-state index in [1.54, 1.807) is 19.2 Å². The van der Waals surface area contributed by atoms with Gasteiger partial charge in [0.05, 0.1) is 17.9 Å². The third-order valence-corrected chi connectivity index (χ3v) is 3.15. The number of aryl methyl sites for hydroxylation is 1. The third kappa shape index (κ3) is 2.88. The quantitative estimate of drug-likeness (QED) is 0.903. The zero-order valence-electron chi connectivity index (χ0n) is 10.7. The van der Waals surface area contributed by atoms with Gasteiger partial charge in [-0.2, -0.15) is 5.10 Å². The van der Waals surface area contributed by atoms with Crippen LogP contribution in [-0.2, 0) is 7.05 Å². The largest absolute Gasteiger partial charge is 0.396 e. The van der Waals surface area contributed by atoms with Crippen molar-refractivity contribution in [3.8, 4) is 0 Å². The molecule has 0 aliphatic heterocycles. The molecule has 0 saturated heterocycles. The lowest BCUT2D eigenvalue weighted by Crippen LogP contribution is -2.29. The van der Waals surface area contributed by atoms with Crippen LogP contribution in [0.4, 0.5) is 5.69 Å². The molecule has 6 heteroatoms. The lowest BCUT2D eigenvalue weighted by atomic mass is 10.1. The Kier molecular flexibility index (Phi) is 3.76. The van der Waals surface area contributed by atoms with E-state index < -0.39 is 0 Å². The molecule has 0 saturated carbocycles. The second-order valence-corrected chi connectivity index (χ2v) is 4.76. The van der Waals surface area contributed by atoms with Crippen molar-refractivity contribution in [2.75, 3.05) is 5.73 Å². The number of carbonyl (C=O) groups excluding carboxylic acids is 1. The summed E-state index contributed by atoms with van der Waals surface area (Å²) in [6, 6.07) is 7.19. The van der Waals surface area contributed by atoms with Crippen molar-refractivity contribution >= 4 is 23.2 Å². The number of rotatable bonds is 3. The van der Waals surface area contributed by atoms with Gasteiger partial charge in [0.1, 0.15) is 5.69 Å². The Balaban J connectivity index is 2.13. The molecule has 0 aliphatic carbocycles. The first kappa shape index (κ1) is 13.4. The Morgan fingerprint density at radius 2 is 2.05 bits per heavy atom. The predicted octanol–water partition coefficient (Wildman–Crippen LogP) is 2.15. The number of anilines is 1. The van der Waals surface area contributed by atoms with Crippen LogP contribution in [0.3, 0.4) is 0 Å². The lowest BCUT2D eigenvalue weighted by molar-refractivity contribution is 0.0931. The van der Waals surface area contributed by atoms with Gasteiger partial charge in [-0.15, -0.1) is 0 Å². The van der Waals surface area contributed by atoms with Gasteiger partial charge < -0.3 is 11.1 Å². The highest BCUT2D eigenvalue weighted by Gasteiger charge is 2.17. The van der Waals surface area contributed by atoms with Crippen LogP contribution in [0, 0.1) is 0 Å². The fourth-order valence-electron chi connectivity index (χ4n) is 1.83. The number of nitrogens with two attached hydrogens (primary N) is 1. The van der Waals surface area contributed by atoms with Gasteiger partial charge in [0.15, 0.2) is 0 Å². The standard InChI is InChI=1S/C13H15ClN4O/c1-8(9-3-5-10(14)6-4-9)17-13(19)12-11(15)7-16-18(12)2/h3-8H,15H2,1-2H3,(H,17,19). The second kappa shape index (κ2) is 5.32. The van der Waals surface area contributed by atoms with Crippen molar-refractivity contribution in [2.24, 2.45) is 7.05 Å². The van der Waals surface area contributed by atoms with Crippen LogP contribution in [-0.4, -0.2) is 15.7 Å². The summed E-state index contributed by atoms with van der Waals surface area (Å²) in [4.78, 5) is 12.1. The summed E-state index contributed by atoms with van der Waals surface area (Å²) in [5, 5.41) is 7.48. The van der Waals surface area contributed by atoms with Gasteiger partial charge in [-0.25, -0.2) is 0 Å². The number of hydrogen-bond donors (Lipinski definition) is 2. The van der Waals surface area contributed by atoms with Gasteiger partial charge >= 0.3 is 0 Å². The molecule has 1 aromatic carbocycles. The summed E-state index contributed by atoms with van der Waals surface area (Å²) >= 11 is 5.83. The van der Waals surface area contributed by atoms with Crippen molar-refractivity contribution in [1.29, 1.82) is 0 Å². The Morgan fingerprint density at radius 3 is 2.58 bits per heavy atom. The first-order chi connectivity index (χ1) is 8.99. The van der Waals surface area contributed by atoms with Gasteiger partial charge in [-0.3, -0.25) is 9.48 Å². The van der Waals surface area contributed by atoms with Gasteiger partial charge in [-0.1, -0.05) is 23.7 Å². The summed E-state index contributed by atoms with van der Waals surface area (Å²) in [6.45, 7) is 1.90. The van der Waals surface area contributed by atoms with Crippen LogP contribution in [0.25, 0.3) is 0 Å². The van der Waals surface area contributed by atoms with Gasteiger partial charge in [0.25, 0.3) is 5.91 Å². The normalized spacial score (nSPS) is 12.2. The molecule has 100 valence electrons. The average Bonchev–Trinajstić information content (AvgIpc) is 2.69. The molecule has 3 N–H and O–H groups in total. The molecule has 5 nitrogen and oxygen atoms in total. The zero-order valence-corrected chi connectivity index (χ0v) is 11.5. The van der Waals surface area contributed by atoms with Crippen molar-refractivity contribution in [2.45, 2.75) is 13.0 Å². The van der Waals surface area contributed by atoms with E-state index in [9.17, 15) is 4.79 Å². The Hall–Kier alpha value is -2.01. The average molecular weight is 279 g/mol. The first-order valence-corrected chi connectivity index (χ1v) is 6.20. The number of hydrogen-bond acceptors (Lipinski definition) is 3. The maximum absolute atomic E-state index is 12.1. The lowest BCUT2D eigenvalue weighted by Gasteiger charge is -2.14. The molecule has 0 fully saturated rings. The molecule has 19 heavy (non-hydrogen) atoms. The molecule has 2 rings (SSSR count). The number of nitrogens with zero attached hydrogens (tertiary/aromatic N) is 2. The van der Waals surface area contributed by atoms with Crippen molar-refractivity contribution < 1.29 is 4.79 Å². The number of aromatic nitrogens is 2. The van der Waals surface area contributed by atoms with Crippen molar-refractivity contribution in [3.63, 3.8) is 0 Å². The number of nitrogen functional groups attached to an aromatic ring is 1. The highest BCUT2D eigenvalue weighted by Crippen LogP contribution is 2.17. The molecule has 0 radical (unpaired) electrons. The number of halogens is 1. The summed E-state index contributed by atoms with van der Waals surface area (Å²) in [7, 11) is 1.68. The zero-order chi connectivity index (χ0) is 14.0. The maximum atomic E-state index is 12.1. The van der Waals surface area contributed by atoms with E-state index in [4.69, 9.17) is 17.3 Å². The Labute approximate surface area is 116 Å². The SMILES string of the molecule is CC(NC(=O)c1c(N)cnn1C)c1ccc(Cl)cc1.